The number of hydrogen-bond acceptors (Lipinski definition) is 5. The zero-order valence-electron chi connectivity index (χ0n) is 17.4. The van der Waals surface area contributed by atoms with Gasteiger partial charge in [-0.05, 0) is 49.2 Å². The Kier molecular flexibility index (Phi) is 7.39. The summed E-state index contributed by atoms with van der Waals surface area (Å²) in [6, 6.07) is 16.0. The van der Waals surface area contributed by atoms with Crippen molar-refractivity contribution in [2.45, 2.75) is 44.4 Å². The van der Waals surface area contributed by atoms with Gasteiger partial charge in [0.1, 0.15) is 23.1 Å². The number of aromatic nitrogens is 1. The highest BCUT2D eigenvalue weighted by Crippen LogP contribution is 2.21. The molecule has 0 radical (unpaired) electrons. The molecule has 2 aromatic carbocycles. The minimum absolute atomic E-state index is 0.129. The minimum atomic E-state index is -0.232. The Hall–Kier alpha value is -2.90. The Morgan fingerprint density at radius 1 is 0.969 bits per heavy atom. The van der Waals surface area contributed by atoms with Crippen molar-refractivity contribution in [1.82, 2.24) is 15.6 Å². The van der Waals surface area contributed by atoms with Gasteiger partial charge < -0.3 is 15.4 Å². The number of carbonyl (C=O) groups excluding carboxylic acids is 2. The lowest BCUT2D eigenvalue weighted by molar-refractivity contribution is 0.0860. The van der Waals surface area contributed by atoms with Crippen LogP contribution in [-0.4, -0.2) is 28.9 Å². The van der Waals surface area contributed by atoms with E-state index in [-0.39, 0.29) is 23.9 Å². The van der Waals surface area contributed by atoms with Crippen molar-refractivity contribution in [2.75, 3.05) is 0 Å². The van der Waals surface area contributed by atoms with Gasteiger partial charge in [-0.15, -0.1) is 11.3 Å². The third kappa shape index (κ3) is 5.87. The maximum absolute atomic E-state index is 12.8. The van der Waals surface area contributed by atoms with Crippen LogP contribution >= 0.6 is 22.9 Å². The van der Waals surface area contributed by atoms with Crippen molar-refractivity contribution in [2.24, 2.45) is 0 Å². The lowest BCUT2D eigenvalue weighted by Crippen LogP contribution is -2.53. The molecule has 0 saturated heterocycles. The van der Waals surface area contributed by atoms with Crippen LogP contribution in [0.2, 0.25) is 5.02 Å². The standard InChI is InChI=1S/C24H24ClN3O3S/c25-17-12-10-16(11-13-17)23(29)27-19-8-4-5-9-20(19)28-24(30)21-15-32-22(26-21)14-31-18-6-2-1-3-7-18/h1-3,6-7,10-13,15,19-20H,4-5,8-9,14H2,(H,27,29)(H,28,30)/t19-,20-/m0/s1. The Bertz CT molecular complexity index is 1060. The molecular weight excluding hydrogens is 446 g/mol. The number of nitrogens with one attached hydrogen (secondary N) is 2. The highest BCUT2D eigenvalue weighted by atomic mass is 35.5. The molecule has 1 heterocycles. The third-order valence-corrected chi connectivity index (χ3v) is 6.47. The fourth-order valence-corrected chi connectivity index (χ4v) is 4.53. The predicted molar refractivity (Wildman–Crippen MR) is 125 cm³/mol. The minimum Gasteiger partial charge on any atom is -0.486 e. The van der Waals surface area contributed by atoms with E-state index >= 15 is 0 Å². The van der Waals surface area contributed by atoms with E-state index in [9.17, 15) is 9.59 Å². The summed E-state index contributed by atoms with van der Waals surface area (Å²) in [5.74, 6) is 0.363. The maximum atomic E-state index is 12.8. The molecule has 1 fully saturated rings. The van der Waals surface area contributed by atoms with Crippen LogP contribution < -0.4 is 15.4 Å². The molecule has 1 aliphatic carbocycles. The average molecular weight is 470 g/mol. The second-order valence-electron chi connectivity index (χ2n) is 7.68. The summed E-state index contributed by atoms with van der Waals surface area (Å²) >= 11 is 7.30. The zero-order valence-corrected chi connectivity index (χ0v) is 19.0. The van der Waals surface area contributed by atoms with Gasteiger partial charge in [0.05, 0.1) is 0 Å². The third-order valence-electron chi connectivity index (χ3n) is 5.40. The molecule has 0 unspecified atom stereocenters. The molecule has 0 bridgehead atoms. The lowest BCUT2D eigenvalue weighted by atomic mass is 9.90. The van der Waals surface area contributed by atoms with Crippen molar-refractivity contribution in [3.63, 3.8) is 0 Å². The molecule has 1 aliphatic rings. The molecule has 32 heavy (non-hydrogen) atoms. The van der Waals surface area contributed by atoms with Gasteiger partial charge in [-0.2, -0.15) is 0 Å². The number of thiazole rings is 1. The topological polar surface area (TPSA) is 80.3 Å². The van der Waals surface area contributed by atoms with Crippen LogP contribution in [0.5, 0.6) is 5.75 Å². The number of hydrogen-bond donors (Lipinski definition) is 2. The van der Waals surface area contributed by atoms with E-state index < -0.39 is 0 Å². The van der Waals surface area contributed by atoms with Crippen molar-refractivity contribution in [3.05, 3.63) is 81.3 Å². The molecule has 6 nitrogen and oxygen atoms in total. The number of halogens is 1. The number of amides is 2. The number of para-hydroxylation sites is 1. The summed E-state index contributed by atoms with van der Waals surface area (Å²) in [5.41, 5.74) is 0.919. The number of carbonyl (C=O) groups is 2. The van der Waals surface area contributed by atoms with Crippen LogP contribution in [0.25, 0.3) is 0 Å². The smallest absolute Gasteiger partial charge is 0.271 e. The van der Waals surface area contributed by atoms with Crippen molar-refractivity contribution < 1.29 is 14.3 Å². The zero-order chi connectivity index (χ0) is 22.3. The summed E-state index contributed by atoms with van der Waals surface area (Å²) in [6.45, 7) is 0.311. The van der Waals surface area contributed by atoms with Crippen molar-refractivity contribution >= 4 is 34.8 Å². The molecule has 4 rings (SSSR count). The van der Waals surface area contributed by atoms with Gasteiger partial charge in [-0.25, -0.2) is 4.98 Å². The Morgan fingerprint density at radius 3 is 2.31 bits per heavy atom. The monoisotopic (exact) mass is 469 g/mol. The van der Waals surface area contributed by atoms with E-state index in [4.69, 9.17) is 16.3 Å². The molecule has 8 heteroatoms. The Morgan fingerprint density at radius 2 is 1.62 bits per heavy atom. The first-order chi connectivity index (χ1) is 15.6. The number of ether oxygens (including phenoxy) is 1. The summed E-state index contributed by atoms with van der Waals surface area (Å²) in [4.78, 5) is 29.8. The summed E-state index contributed by atoms with van der Waals surface area (Å²) in [7, 11) is 0. The number of benzene rings is 2. The van der Waals surface area contributed by atoms with Crippen molar-refractivity contribution in [1.29, 1.82) is 0 Å². The van der Waals surface area contributed by atoms with Gasteiger partial charge >= 0.3 is 0 Å². The highest BCUT2D eigenvalue weighted by Gasteiger charge is 2.29. The van der Waals surface area contributed by atoms with Crippen LogP contribution in [0.15, 0.2) is 60.0 Å². The van der Waals surface area contributed by atoms with Gasteiger partial charge in [0, 0.05) is 28.0 Å². The van der Waals surface area contributed by atoms with Gasteiger partial charge in [0.25, 0.3) is 11.8 Å². The summed E-state index contributed by atoms with van der Waals surface area (Å²) < 4.78 is 5.71. The molecule has 2 atom stereocenters. The Labute approximate surface area is 196 Å². The fourth-order valence-electron chi connectivity index (χ4n) is 3.71. The van der Waals surface area contributed by atoms with E-state index in [0.29, 0.717) is 22.9 Å². The second-order valence-corrected chi connectivity index (χ2v) is 9.06. The molecule has 3 aromatic rings. The van der Waals surface area contributed by atoms with Crippen LogP contribution in [0.3, 0.4) is 0 Å². The van der Waals surface area contributed by atoms with E-state index in [0.717, 1.165) is 36.4 Å². The van der Waals surface area contributed by atoms with Gasteiger partial charge in [0.15, 0.2) is 0 Å². The van der Waals surface area contributed by atoms with E-state index in [1.54, 1.807) is 29.6 Å². The van der Waals surface area contributed by atoms with Gasteiger partial charge in [0.2, 0.25) is 0 Å². The summed E-state index contributed by atoms with van der Waals surface area (Å²) in [5, 5.41) is 9.19. The molecule has 1 saturated carbocycles. The first-order valence-electron chi connectivity index (χ1n) is 10.6. The summed E-state index contributed by atoms with van der Waals surface area (Å²) in [6.07, 6.45) is 3.64. The molecule has 2 amide bonds. The first-order valence-corrected chi connectivity index (χ1v) is 11.8. The Balaban J connectivity index is 1.34. The fraction of sp³-hybridized carbons (Fsp3) is 0.292. The molecule has 2 N–H and O–H groups in total. The molecule has 1 aromatic heterocycles. The first kappa shape index (κ1) is 22.3. The highest BCUT2D eigenvalue weighted by molar-refractivity contribution is 7.09. The van der Waals surface area contributed by atoms with Crippen molar-refractivity contribution in [3.8, 4) is 5.75 Å². The largest absolute Gasteiger partial charge is 0.486 e. The predicted octanol–water partition coefficient (Wildman–Crippen LogP) is 4.85. The normalized spacial score (nSPS) is 18.0. The van der Waals surface area contributed by atoms with E-state index in [2.05, 4.69) is 15.6 Å². The van der Waals surface area contributed by atoms with Gasteiger partial charge in [-0.1, -0.05) is 42.6 Å². The molecule has 0 aliphatic heterocycles. The van der Waals surface area contributed by atoms with Crippen LogP contribution in [0.4, 0.5) is 0 Å². The lowest BCUT2D eigenvalue weighted by Gasteiger charge is -2.32. The quantitative estimate of drug-likeness (QED) is 0.518. The maximum Gasteiger partial charge on any atom is 0.271 e. The molecule has 166 valence electrons. The van der Waals surface area contributed by atoms with Crippen LogP contribution in [-0.2, 0) is 6.61 Å². The SMILES string of the molecule is O=C(N[C@H]1CCCC[C@@H]1NC(=O)c1csc(COc2ccccc2)n1)c1ccc(Cl)cc1. The molecule has 0 spiro atoms. The second kappa shape index (κ2) is 10.6. The molecular formula is C24H24ClN3O3S. The van der Waals surface area contributed by atoms with Crippen LogP contribution in [0, 0.1) is 0 Å². The van der Waals surface area contributed by atoms with Crippen LogP contribution in [0.1, 0.15) is 51.5 Å². The number of nitrogens with zero attached hydrogens (tertiary/aromatic N) is 1. The van der Waals surface area contributed by atoms with Gasteiger partial charge in [-0.3, -0.25) is 9.59 Å². The number of rotatable bonds is 7. The van der Waals surface area contributed by atoms with E-state index in [1.807, 2.05) is 30.3 Å². The van der Waals surface area contributed by atoms with E-state index in [1.165, 1.54) is 11.3 Å². The average Bonchev–Trinajstić information content (AvgIpc) is 3.29.